The van der Waals surface area contributed by atoms with Crippen molar-refractivity contribution in [2.75, 3.05) is 12.4 Å². The first-order valence-corrected chi connectivity index (χ1v) is 6.97. The summed E-state index contributed by atoms with van der Waals surface area (Å²) >= 11 is 7.26. The summed E-state index contributed by atoms with van der Waals surface area (Å²) in [5, 5.41) is 4.98. The SMILES string of the molecule is Cc1ccsc1C(=O)NCC1(CCCl)CC1. The molecule has 16 heavy (non-hydrogen) atoms. The van der Waals surface area contributed by atoms with Gasteiger partial charge in [0.15, 0.2) is 0 Å². The second kappa shape index (κ2) is 4.76. The lowest BCUT2D eigenvalue weighted by Gasteiger charge is -2.14. The van der Waals surface area contributed by atoms with Crippen molar-refractivity contribution in [3.8, 4) is 0 Å². The average molecular weight is 258 g/mol. The molecule has 0 aromatic carbocycles. The Morgan fingerprint density at radius 2 is 2.38 bits per heavy atom. The number of hydrogen-bond donors (Lipinski definition) is 1. The van der Waals surface area contributed by atoms with Crippen LogP contribution in [0.5, 0.6) is 0 Å². The first-order chi connectivity index (χ1) is 7.67. The van der Waals surface area contributed by atoms with E-state index in [-0.39, 0.29) is 5.91 Å². The molecule has 88 valence electrons. The fourth-order valence-electron chi connectivity index (χ4n) is 1.85. The van der Waals surface area contributed by atoms with E-state index in [9.17, 15) is 4.79 Å². The van der Waals surface area contributed by atoms with Crippen LogP contribution in [0.2, 0.25) is 0 Å². The fourth-order valence-corrected chi connectivity index (χ4v) is 3.09. The van der Waals surface area contributed by atoms with Gasteiger partial charge in [-0.1, -0.05) is 0 Å². The van der Waals surface area contributed by atoms with Gasteiger partial charge in [-0.15, -0.1) is 22.9 Å². The number of alkyl halides is 1. The molecular weight excluding hydrogens is 242 g/mol. The average Bonchev–Trinajstić information content (AvgIpc) is 2.89. The standard InChI is InChI=1S/C12H16ClNOS/c1-9-2-7-16-10(9)11(15)14-8-12(3-4-12)5-6-13/h2,7H,3-6,8H2,1H3,(H,14,15). The molecule has 0 bridgehead atoms. The minimum absolute atomic E-state index is 0.0633. The highest BCUT2D eigenvalue weighted by Gasteiger charge is 2.41. The summed E-state index contributed by atoms with van der Waals surface area (Å²) in [6.45, 7) is 2.74. The quantitative estimate of drug-likeness (QED) is 0.807. The third kappa shape index (κ3) is 2.58. The summed E-state index contributed by atoms with van der Waals surface area (Å²) in [7, 11) is 0. The monoisotopic (exact) mass is 257 g/mol. The first kappa shape index (κ1) is 11.9. The van der Waals surface area contributed by atoms with Crippen molar-refractivity contribution >= 4 is 28.8 Å². The molecule has 1 aliphatic carbocycles. The van der Waals surface area contributed by atoms with Crippen molar-refractivity contribution in [3.63, 3.8) is 0 Å². The van der Waals surface area contributed by atoms with Gasteiger partial charge in [0.05, 0.1) is 4.88 Å². The number of hydrogen-bond acceptors (Lipinski definition) is 2. The molecule has 1 heterocycles. The van der Waals surface area contributed by atoms with Gasteiger partial charge < -0.3 is 5.32 Å². The van der Waals surface area contributed by atoms with Gasteiger partial charge in [-0.05, 0) is 48.6 Å². The summed E-state index contributed by atoms with van der Waals surface area (Å²) < 4.78 is 0. The van der Waals surface area contributed by atoms with E-state index in [1.807, 2.05) is 18.4 Å². The van der Waals surface area contributed by atoms with Gasteiger partial charge in [0, 0.05) is 12.4 Å². The van der Waals surface area contributed by atoms with Gasteiger partial charge in [-0.2, -0.15) is 0 Å². The van der Waals surface area contributed by atoms with Crippen molar-refractivity contribution in [2.45, 2.75) is 26.2 Å². The summed E-state index contributed by atoms with van der Waals surface area (Å²) in [5.41, 5.74) is 1.37. The molecule has 1 aromatic rings. The Morgan fingerprint density at radius 1 is 1.62 bits per heavy atom. The molecule has 1 saturated carbocycles. The molecular formula is C12H16ClNOS. The van der Waals surface area contributed by atoms with Gasteiger partial charge in [0.1, 0.15) is 0 Å². The van der Waals surface area contributed by atoms with E-state index in [1.165, 1.54) is 24.2 Å². The highest BCUT2D eigenvalue weighted by atomic mass is 35.5. The summed E-state index contributed by atoms with van der Waals surface area (Å²) in [6, 6.07) is 1.98. The third-order valence-electron chi connectivity index (χ3n) is 3.27. The largest absolute Gasteiger partial charge is 0.351 e. The summed E-state index contributed by atoms with van der Waals surface area (Å²) in [4.78, 5) is 12.7. The van der Waals surface area contributed by atoms with E-state index >= 15 is 0 Å². The number of carbonyl (C=O) groups is 1. The van der Waals surface area contributed by atoms with Gasteiger partial charge in [-0.3, -0.25) is 4.79 Å². The van der Waals surface area contributed by atoms with Crippen molar-refractivity contribution in [1.29, 1.82) is 0 Å². The smallest absolute Gasteiger partial charge is 0.261 e. The second-order valence-electron chi connectivity index (χ2n) is 4.55. The number of aryl methyl sites for hydroxylation is 1. The predicted octanol–water partition coefficient (Wildman–Crippen LogP) is 3.20. The maximum absolute atomic E-state index is 11.9. The number of halogens is 1. The maximum atomic E-state index is 11.9. The second-order valence-corrected chi connectivity index (χ2v) is 5.85. The molecule has 0 atom stereocenters. The van der Waals surface area contributed by atoms with Crippen LogP contribution < -0.4 is 5.32 Å². The molecule has 0 aliphatic heterocycles. The first-order valence-electron chi connectivity index (χ1n) is 5.55. The number of rotatable bonds is 5. The Balaban J connectivity index is 1.87. The van der Waals surface area contributed by atoms with Crippen molar-refractivity contribution in [1.82, 2.24) is 5.32 Å². The van der Waals surface area contributed by atoms with Crippen LogP contribution in [0.3, 0.4) is 0 Å². The Hall–Kier alpha value is -0.540. The molecule has 0 unspecified atom stereocenters. The van der Waals surface area contributed by atoms with E-state index in [1.54, 1.807) is 0 Å². The minimum atomic E-state index is 0.0633. The zero-order chi connectivity index (χ0) is 11.6. The van der Waals surface area contributed by atoms with Crippen LogP contribution in [0.4, 0.5) is 0 Å². The van der Waals surface area contributed by atoms with Crippen LogP contribution in [-0.4, -0.2) is 18.3 Å². The number of amides is 1. The van der Waals surface area contributed by atoms with E-state index in [2.05, 4.69) is 5.32 Å². The number of carbonyl (C=O) groups excluding carboxylic acids is 1. The third-order valence-corrected chi connectivity index (χ3v) is 4.48. The Morgan fingerprint density at radius 3 is 2.88 bits per heavy atom. The summed E-state index contributed by atoms with van der Waals surface area (Å²) in [5.74, 6) is 0.752. The van der Waals surface area contributed by atoms with Crippen molar-refractivity contribution in [3.05, 3.63) is 21.9 Å². The molecule has 0 spiro atoms. The highest BCUT2D eigenvalue weighted by molar-refractivity contribution is 7.12. The molecule has 1 amide bonds. The Kier molecular flexibility index (Phi) is 3.55. The van der Waals surface area contributed by atoms with Crippen LogP contribution in [0.25, 0.3) is 0 Å². The Bertz CT molecular complexity index is 384. The zero-order valence-electron chi connectivity index (χ0n) is 9.38. The van der Waals surface area contributed by atoms with Crippen LogP contribution in [0.1, 0.15) is 34.5 Å². The molecule has 4 heteroatoms. The highest BCUT2D eigenvalue weighted by Crippen LogP contribution is 2.48. The van der Waals surface area contributed by atoms with Crippen LogP contribution in [-0.2, 0) is 0 Å². The van der Waals surface area contributed by atoms with Crippen molar-refractivity contribution < 1.29 is 4.79 Å². The lowest BCUT2D eigenvalue weighted by Crippen LogP contribution is -2.30. The number of thiophene rings is 1. The van der Waals surface area contributed by atoms with Gasteiger partial charge in [-0.25, -0.2) is 0 Å². The van der Waals surface area contributed by atoms with E-state index in [0.29, 0.717) is 11.3 Å². The van der Waals surface area contributed by atoms with E-state index < -0.39 is 0 Å². The molecule has 2 rings (SSSR count). The Labute approximate surface area is 105 Å². The van der Waals surface area contributed by atoms with Gasteiger partial charge in [0.25, 0.3) is 5.91 Å². The van der Waals surface area contributed by atoms with Crippen LogP contribution in [0, 0.1) is 12.3 Å². The van der Waals surface area contributed by atoms with Crippen LogP contribution in [0.15, 0.2) is 11.4 Å². The van der Waals surface area contributed by atoms with E-state index in [4.69, 9.17) is 11.6 Å². The molecule has 2 nitrogen and oxygen atoms in total. The molecule has 1 fully saturated rings. The molecule has 1 N–H and O–H groups in total. The molecule has 1 aliphatic rings. The zero-order valence-corrected chi connectivity index (χ0v) is 11.0. The predicted molar refractivity (Wildman–Crippen MR) is 68.4 cm³/mol. The lowest BCUT2D eigenvalue weighted by molar-refractivity contribution is 0.0948. The number of nitrogens with one attached hydrogen (secondary N) is 1. The van der Waals surface area contributed by atoms with Crippen molar-refractivity contribution in [2.24, 2.45) is 5.41 Å². The minimum Gasteiger partial charge on any atom is -0.351 e. The maximum Gasteiger partial charge on any atom is 0.261 e. The summed E-state index contributed by atoms with van der Waals surface area (Å²) in [6.07, 6.45) is 3.41. The molecule has 1 aromatic heterocycles. The van der Waals surface area contributed by atoms with Gasteiger partial charge in [0.2, 0.25) is 0 Å². The van der Waals surface area contributed by atoms with Crippen LogP contribution >= 0.6 is 22.9 Å². The molecule has 0 radical (unpaired) electrons. The van der Waals surface area contributed by atoms with Gasteiger partial charge >= 0.3 is 0 Å². The molecule has 0 saturated heterocycles. The topological polar surface area (TPSA) is 29.1 Å². The lowest BCUT2D eigenvalue weighted by atomic mass is 10.0. The normalized spacial score (nSPS) is 17.1. The van der Waals surface area contributed by atoms with E-state index in [0.717, 1.165) is 23.4 Å². The fraction of sp³-hybridized carbons (Fsp3) is 0.583.